The van der Waals surface area contributed by atoms with Gasteiger partial charge < -0.3 is 15.7 Å². The Morgan fingerprint density at radius 3 is 2.25 bits per heavy atom. The van der Waals surface area contributed by atoms with Gasteiger partial charge in [0.15, 0.2) is 0 Å². The number of aliphatic carboxylic acids is 1. The van der Waals surface area contributed by atoms with E-state index in [1.165, 1.54) is 0 Å². The van der Waals surface area contributed by atoms with E-state index in [2.05, 4.69) is 24.5 Å². The van der Waals surface area contributed by atoms with Gasteiger partial charge in [0.1, 0.15) is 0 Å². The molecule has 0 radical (unpaired) electrons. The monoisotopic (exact) mass is 278 g/mol. The molecule has 0 spiro atoms. The molecule has 0 aliphatic carbocycles. The Labute approximate surface area is 119 Å². The minimum atomic E-state index is -0.869. The van der Waals surface area contributed by atoms with Crippen molar-refractivity contribution >= 4 is 17.7 Å². The third kappa shape index (κ3) is 5.30. The first-order valence-corrected chi connectivity index (χ1v) is 6.80. The zero-order valence-corrected chi connectivity index (χ0v) is 12.1. The van der Waals surface area contributed by atoms with Gasteiger partial charge in [-0.25, -0.2) is 4.79 Å². The summed E-state index contributed by atoms with van der Waals surface area (Å²) in [6.45, 7) is 6.16. The summed E-state index contributed by atoms with van der Waals surface area (Å²) >= 11 is 0. The van der Waals surface area contributed by atoms with Crippen LogP contribution in [-0.4, -0.2) is 23.1 Å². The van der Waals surface area contributed by atoms with Gasteiger partial charge in [0.05, 0.1) is 6.42 Å². The maximum absolute atomic E-state index is 11.8. The van der Waals surface area contributed by atoms with E-state index >= 15 is 0 Å². The molecule has 1 atom stereocenters. The zero-order chi connectivity index (χ0) is 15.1. The Kier molecular flexibility index (Phi) is 6.03. The zero-order valence-electron chi connectivity index (χ0n) is 12.1. The molecule has 110 valence electrons. The molecule has 0 saturated carbocycles. The number of carboxylic acids is 1. The maximum atomic E-state index is 11.8. The number of anilines is 1. The Bertz CT molecular complexity index is 455. The number of carbonyl (C=O) groups excluding carboxylic acids is 1. The summed E-state index contributed by atoms with van der Waals surface area (Å²) in [5, 5.41) is 14.3. The number of urea groups is 1. The molecule has 0 heterocycles. The van der Waals surface area contributed by atoms with Crippen molar-refractivity contribution in [2.24, 2.45) is 5.92 Å². The Morgan fingerprint density at radius 1 is 1.20 bits per heavy atom. The van der Waals surface area contributed by atoms with Crippen molar-refractivity contribution in [1.82, 2.24) is 5.32 Å². The maximum Gasteiger partial charge on any atom is 0.319 e. The van der Waals surface area contributed by atoms with Crippen LogP contribution in [0.5, 0.6) is 0 Å². The summed E-state index contributed by atoms with van der Waals surface area (Å²) in [4.78, 5) is 22.4. The van der Waals surface area contributed by atoms with Gasteiger partial charge in [-0.1, -0.05) is 32.9 Å². The smallest absolute Gasteiger partial charge is 0.319 e. The van der Waals surface area contributed by atoms with Crippen LogP contribution < -0.4 is 10.6 Å². The summed E-state index contributed by atoms with van der Waals surface area (Å²) in [6, 6.07) is 6.70. The highest BCUT2D eigenvalue weighted by Gasteiger charge is 2.13. The van der Waals surface area contributed by atoms with Crippen molar-refractivity contribution in [2.75, 3.05) is 5.32 Å². The molecule has 5 heteroatoms. The van der Waals surface area contributed by atoms with Crippen molar-refractivity contribution in [2.45, 2.75) is 39.7 Å². The number of carbonyl (C=O) groups is 2. The van der Waals surface area contributed by atoms with Gasteiger partial charge in [-0.05, 0) is 30.0 Å². The van der Waals surface area contributed by atoms with Crippen LogP contribution in [-0.2, 0) is 11.2 Å². The molecule has 0 bridgehead atoms. The topological polar surface area (TPSA) is 78.4 Å². The van der Waals surface area contributed by atoms with Crippen LogP contribution in [0.25, 0.3) is 0 Å². The quantitative estimate of drug-likeness (QED) is 0.748. The fraction of sp³-hybridized carbons (Fsp3) is 0.467. The van der Waals surface area contributed by atoms with Crippen LogP contribution in [0.4, 0.5) is 10.5 Å². The van der Waals surface area contributed by atoms with E-state index in [0.717, 1.165) is 6.42 Å². The van der Waals surface area contributed by atoms with E-state index in [4.69, 9.17) is 5.11 Å². The van der Waals surface area contributed by atoms with E-state index in [1.807, 2.05) is 6.92 Å². The second-order valence-electron chi connectivity index (χ2n) is 5.12. The highest BCUT2D eigenvalue weighted by Crippen LogP contribution is 2.11. The second-order valence-corrected chi connectivity index (χ2v) is 5.12. The molecule has 3 N–H and O–H groups in total. The number of amides is 2. The minimum Gasteiger partial charge on any atom is -0.481 e. The normalized spacial score (nSPS) is 12.0. The van der Waals surface area contributed by atoms with E-state index < -0.39 is 5.97 Å². The van der Waals surface area contributed by atoms with Gasteiger partial charge in [0.25, 0.3) is 0 Å². The lowest BCUT2D eigenvalue weighted by molar-refractivity contribution is -0.136. The molecular weight excluding hydrogens is 256 g/mol. The molecule has 0 aliphatic rings. The van der Waals surface area contributed by atoms with Gasteiger partial charge in [0.2, 0.25) is 0 Å². The first kappa shape index (κ1) is 16.0. The molecule has 0 aromatic heterocycles. The molecule has 1 unspecified atom stereocenters. The third-order valence-electron chi connectivity index (χ3n) is 3.13. The summed E-state index contributed by atoms with van der Waals surface area (Å²) in [6.07, 6.45) is 0.861. The number of nitrogens with one attached hydrogen (secondary N) is 2. The number of hydrogen-bond donors (Lipinski definition) is 3. The minimum absolute atomic E-state index is 0.0161. The lowest BCUT2D eigenvalue weighted by Crippen LogP contribution is -2.40. The summed E-state index contributed by atoms with van der Waals surface area (Å²) in [5.41, 5.74) is 1.35. The fourth-order valence-corrected chi connectivity index (χ4v) is 1.96. The van der Waals surface area contributed by atoms with Crippen molar-refractivity contribution in [3.63, 3.8) is 0 Å². The molecule has 1 rings (SSSR count). The Morgan fingerprint density at radius 2 is 1.80 bits per heavy atom. The SMILES string of the molecule is CCC(NC(=O)Nc1ccc(CC(=O)O)cc1)C(C)C. The van der Waals surface area contributed by atoms with E-state index in [1.54, 1.807) is 24.3 Å². The van der Waals surface area contributed by atoms with Crippen molar-refractivity contribution in [3.05, 3.63) is 29.8 Å². The molecule has 2 amide bonds. The molecule has 0 aliphatic heterocycles. The molecular formula is C15H22N2O3. The van der Waals surface area contributed by atoms with Gasteiger partial charge in [-0.3, -0.25) is 4.79 Å². The standard InChI is InChI=1S/C15H22N2O3/c1-4-13(10(2)3)17-15(20)16-12-7-5-11(6-8-12)9-14(18)19/h5-8,10,13H,4,9H2,1-3H3,(H,18,19)(H2,16,17,20). The first-order chi connectivity index (χ1) is 9.42. The molecule has 0 fully saturated rings. The lowest BCUT2D eigenvalue weighted by Gasteiger charge is -2.20. The second kappa shape index (κ2) is 7.53. The van der Waals surface area contributed by atoms with Gasteiger partial charge in [-0.2, -0.15) is 0 Å². The molecule has 1 aromatic rings. The third-order valence-corrected chi connectivity index (χ3v) is 3.13. The van der Waals surface area contributed by atoms with Crippen molar-refractivity contribution in [3.8, 4) is 0 Å². The number of hydrogen-bond acceptors (Lipinski definition) is 2. The summed E-state index contributed by atoms with van der Waals surface area (Å²) in [7, 11) is 0. The Balaban J connectivity index is 2.55. The molecule has 0 saturated heterocycles. The van der Waals surface area contributed by atoms with Crippen molar-refractivity contribution < 1.29 is 14.7 Å². The average molecular weight is 278 g/mol. The summed E-state index contributed by atoms with van der Waals surface area (Å²) in [5.74, 6) is -0.491. The predicted molar refractivity (Wildman–Crippen MR) is 78.9 cm³/mol. The van der Waals surface area contributed by atoms with Crippen LogP contribution >= 0.6 is 0 Å². The largest absolute Gasteiger partial charge is 0.481 e. The number of benzene rings is 1. The number of rotatable bonds is 6. The van der Waals surface area contributed by atoms with Crippen LogP contribution in [0.15, 0.2) is 24.3 Å². The average Bonchev–Trinajstić information content (AvgIpc) is 2.37. The predicted octanol–water partition coefficient (Wildman–Crippen LogP) is 2.87. The van der Waals surface area contributed by atoms with Gasteiger partial charge >= 0.3 is 12.0 Å². The van der Waals surface area contributed by atoms with Crippen molar-refractivity contribution in [1.29, 1.82) is 0 Å². The first-order valence-electron chi connectivity index (χ1n) is 6.80. The molecule has 1 aromatic carbocycles. The summed E-state index contributed by atoms with van der Waals surface area (Å²) < 4.78 is 0. The highest BCUT2D eigenvalue weighted by molar-refractivity contribution is 5.89. The van der Waals surface area contributed by atoms with Crippen LogP contribution in [0.2, 0.25) is 0 Å². The van der Waals surface area contributed by atoms with Crippen LogP contribution in [0.3, 0.4) is 0 Å². The fourth-order valence-electron chi connectivity index (χ4n) is 1.96. The lowest BCUT2D eigenvalue weighted by atomic mass is 10.0. The van der Waals surface area contributed by atoms with E-state index in [9.17, 15) is 9.59 Å². The van der Waals surface area contributed by atoms with Gasteiger partial charge in [-0.15, -0.1) is 0 Å². The van der Waals surface area contributed by atoms with Gasteiger partial charge in [0, 0.05) is 11.7 Å². The molecule has 5 nitrogen and oxygen atoms in total. The Hall–Kier alpha value is -2.04. The van der Waals surface area contributed by atoms with Crippen LogP contribution in [0, 0.1) is 5.92 Å². The number of carboxylic acid groups (broad SMARTS) is 1. The van der Waals surface area contributed by atoms with Crippen LogP contribution in [0.1, 0.15) is 32.8 Å². The molecule has 20 heavy (non-hydrogen) atoms. The van der Waals surface area contributed by atoms with E-state index in [-0.39, 0.29) is 18.5 Å². The highest BCUT2D eigenvalue weighted by atomic mass is 16.4. The van der Waals surface area contributed by atoms with E-state index in [0.29, 0.717) is 17.2 Å².